The molecule has 23 heavy (non-hydrogen) atoms. The van der Waals surface area contributed by atoms with Crippen molar-refractivity contribution in [3.05, 3.63) is 41.7 Å². The maximum Gasteiger partial charge on any atom is 0.416 e. The highest BCUT2D eigenvalue weighted by molar-refractivity contribution is 6.07. The molecule has 0 unspecified atom stereocenters. The number of anilines is 2. The number of hydrogen-bond acceptors (Lipinski definition) is 4. The number of nitrogens with one attached hydrogen (secondary N) is 2. The number of aryl methyl sites for hydroxylation is 1. The summed E-state index contributed by atoms with van der Waals surface area (Å²) in [5.41, 5.74) is -0.937. The van der Waals surface area contributed by atoms with Crippen LogP contribution >= 0.6 is 0 Å². The number of carbonyl (C=O) groups excluding carboxylic acids is 2. The second-order valence-corrected chi connectivity index (χ2v) is 4.67. The van der Waals surface area contributed by atoms with Crippen LogP contribution in [0.5, 0.6) is 0 Å². The van der Waals surface area contributed by atoms with Crippen molar-refractivity contribution >= 4 is 23.3 Å². The Kier molecular flexibility index (Phi) is 4.68. The second kappa shape index (κ2) is 6.51. The number of aromatic nitrogens is 1. The summed E-state index contributed by atoms with van der Waals surface area (Å²) in [5.74, 6) is -0.780. The Morgan fingerprint density at radius 1 is 1.17 bits per heavy atom. The molecule has 0 saturated heterocycles. The van der Waals surface area contributed by atoms with Crippen molar-refractivity contribution in [1.82, 2.24) is 5.16 Å². The van der Waals surface area contributed by atoms with Gasteiger partial charge in [0.05, 0.1) is 5.56 Å². The maximum absolute atomic E-state index is 12.6. The number of nitrogens with zero attached hydrogens (tertiary/aromatic N) is 1. The van der Waals surface area contributed by atoms with E-state index in [1.807, 2.05) is 0 Å². The molecule has 0 saturated carbocycles. The lowest BCUT2D eigenvalue weighted by Gasteiger charge is -2.09. The Morgan fingerprint density at radius 2 is 1.87 bits per heavy atom. The summed E-state index contributed by atoms with van der Waals surface area (Å²) in [6.07, 6.45) is -5.08. The number of alkyl halides is 3. The van der Waals surface area contributed by atoms with Gasteiger partial charge in [-0.15, -0.1) is 0 Å². The molecule has 2 aromatic rings. The highest BCUT2D eigenvalue weighted by Crippen LogP contribution is 2.30. The number of halogens is 3. The number of benzene rings is 1. The van der Waals surface area contributed by atoms with Crippen LogP contribution in [0.1, 0.15) is 17.7 Å². The van der Waals surface area contributed by atoms with Crippen LogP contribution < -0.4 is 10.6 Å². The highest BCUT2D eigenvalue weighted by atomic mass is 19.4. The molecule has 2 rings (SSSR count). The van der Waals surface area contributed by atoms with E-state index in [1.165, 1.54) is 12.1 Å². The van der Waals surface area contributed by atoms with Gasteiger partial charge in [0.2, 0.25) is 11.8 Å². The Morgan fingerprint density at radius 3 is 2.48 bits per heavy atom. The lowest BCUT2D eigenvalue weighted by molar-refractivity contribution is -0.137. The van der Waals surface area contributed by atoms with Gasteiger partial charge in [-0.05, 0) is 25.1 Å². The van der Waals surface area contributed by atoms with Crippen LogP contribution in [0, 0.1) is 6.92 Å². The number of hydrogen-bond donors (Lipinski definition) is 2. The molecule has 2 N–H and O–H groups in total. The summed E-state index contributed by atoms with van der Waals surface area (Å²) in [6, 6.07) is 5.59. The van der Waals surface area contributed by atoms with E-state index in [0.29, 0.717) is 5.76 Å². The predicted molar refractivity (Wildman–Crippen MR) is 74.6 cm³/mol. The maximum atomic E-state index is 12.6. The van der Waals surface area contributed by atoms with Crippen LogP contribution in [-0.4, -0.2) is 17.0 Å². The van der Waals surface area contributed by atoms with Crippen molar-refractivity contribution in [2.45, 2.75) is 19.5 Å². The van der Waals surface area contributed by atoms with E-state index in [1.54, 1.807) is 6.92 Å². The van der Waals surface area contributed by atoms with Gasteiger partial charge in [0, 0.05) is 11.8 Å². The third kappa shape index (κ3) is 4.83. The van der Waals surface area contributed by atoms with Crippen molar-refractivity contribution in [2.24, 2.45) is 0 Å². The molecule has 122 valence electrons. The molecule has 0 aliphatic carbocycles. The zero-order valence-corrected chi connectivity index (χ0v) is 11.9. The molecule has 1 aromatic heterocycles. The largest absolute Gasteiger partial charge is 0.416 e. The molecule has 0 radical (unpaired) electrons. The van der Waals surface area contributed by atoms with Crippen molar-refractivity contribution in [1.29, 1.82) is 0 Å². The molecule has 2 amide bonds. The van der Waals surface area contributed by atoms with Crippen molar-refractivity contribution in [3.8, 4) is 0 Å². The number of rotatable bonds is 4. The minimum Gasteiger partial charge on any atom is -0.360 e. The van der Waals surface area contributed by atoms with Gasteiger partial charge in [0.25, 0.3) is 0 Å². The fraction of sp³-hybridized carbons (Fsp3) is 0.214. The van der Waals surface area contributed by atoms with Crippen molar-refractivity contribution in [2.75, 3.05) is 10.6 Å². The van der Waals surface area contributed by atoms with Crippen molar-refractivity contribution < 1.29 is 27.3 Å². The zero-order valence-electron chi connectivity index (χ0n) is 11.9. The third-order valence-electron chi connectivity index (χ3n) is 2.69. The van der Waals surface area contributed by atoms with Gasteiger partial charge in [0.1, 0.15) is 12.2 Å². The summed E-state index contributed by atoms with van der Waals surface area (Å²) in [5, 5.41) is 8.09. The van der Waals surface area contributed by atoms with Crippen LogP contribution in [0.2, 0.25) is 0 Å². The van der Waals surface area contributed by atoms with E-state index in [0.717, 1.165) is 18.2 Å². The first-order valence-electron chi connectivity index (χ1n) is 6.44. The van der Waals surface area contributed by atoms with E-state index in [-0.39, 0.29) is 11.5 Å². The molecule has 0 aliphatic rings. The predicted octanol–water partition coefficient (Wildman–Crippen LogP) is 2.97. The molecular formula is C14H12F3N3O3. The normalized spacial score (nSPS) is 11.1. The average molecular weight is 327 g/mol. The summed E-state index contributed by atoms with van der Waals surface area (Å²) in [6.45, 7) is 1.63. The molecule has 1 aromatic carbocycles. The quantitative estimate of drug-likeness (QED) is 0.846. The van der Waals surface area contributed by atoms with Crippen LogP contribution in [0.15, 0.2) is 34.9 Å². The Hall–Kier alpha value is -2.84. The van der Waals surface area contributed by atoms with E-state index in [4.69, 9.17) is 4.52 Å². The standard InChI is InChI=1S/C14H12F3N3O3/c1-8-5-11(20-23-8)19-13(22)7-12(21)18-10-4-2-3-9(6-10)14(15,16)17/h2-6H,7H2,1H3,(H,18,21)(H,19,20,22). The first kappa shape index (κ1) is 16.5. The summed E-state index contributed by atoms with van der Waals surface area (Å²) >= 11 is 0. The fourth-order valence-electron chi connectivity index (χ4n) is 1.74. The van der Waals surface area contributed by atoms with Gasteiger partial charge in [-0.2, -0.15) is 13.2 Å². The summed E-state index contributed by atoms with van der Waals surface area (Å²) < 4.78 is 42.4. The molecule has 0 aliphatic heterocycles. The van der Waals surface area contributed by atoms with Gasteiger partial charge in [0.15, 0.2) is 5.82 Å². The van der Waals surface area contributed by atoms with Crippen LogP contribution in [-0.2, 0) is 15.8 Å². The lowest BCUT2D eigenvalue weighted by atomic mass is 10.2. The van der Waals surface area contributed by atoms with Gasteiger partial charge in [-0.1, -0.05) is 11.2 Å². The molecule has 0 fully saturated rings. The Balaban J connectivity index is 1.93. The molecule has 9 heteroatoms. The SMILES string of the molecule is Cc1cc(NC(=O)CC(=O)Nc2cccc(C(F)(F)F)c2)no1. The second-order valence-electron chi connectivity index (χ2n) is 4.67. The molecule has 1 heterocycles. The summed E-state index contributed by atoms with van der Waals surface area (Å²) in [4.78, 5) is 23.3. The van der Waals surface area contributed by atoms with E-state index in [2.05, 4.69) is 15.8 Å². The van der Waals surface area contributed by atoms with Crippen LogP contribution in [0.25, 0.3) is 0 Å². The molecule has 0 spiro atoms. The van der Waals surface area contributed by atoms with Gasteiger partial charge >= 0.3 is 6.18 Å². The van der Waals surface area contributed by atoms with Crippen LogP contribution in [0.4, 0.5) is 24.7 Å². The van der Waals surface area contributed by atoms with Gasteiger partial charge in [-0.25, -0.2) is 0 Å². The monoisotopic (exact) mass is 327 g/mol. The lowest BCUT2D eigenvalue weighted by Crippen LogP contribution is -2.21. The Bertz CT molecular complexity index is 725. The third-order valence-corrected chi connectivity index (χ3v) is 2.69. The topological polar surface area (TPSA) is 84.2 Å². The molecule has 0 atom stereocenters. The van der Waals surface area contributed by atoms with Crippen molar-refractivity contribution in [3.63, 3.8) is 0 Å². The van der Waals surface area contributed by atoms with E-state index in [9.17, 15) is 22.8 Å². The highest BCUT2D eigenvalue weighted by Gasteiger charge is 2.30. The van der Waals surface area contributed by atoms with E-state index >= 15 is 0 Å². The number of carbonyl (C=O) groups is 2. The summed E-state index contributed by atoms with van der Waals surface area (Å²) in [7, 11) is 0. The first-order valence-corrected chi connectivity index (χ1v) is 6.44. The molecule has 0 bridgehead atoms. The molecule has 6 nitrogen and oxygen atoms in total. The fourth-order valence-corrected chi connectivity index (χ4v) is 1.74. The van der Waals surface area contributed by atoms with Crippen LogP contribution in [0.3, 0.4) is 0 Å². The minimum absolute atomic E-state index is 0.0464. The van der Waals surface area contributed by atoms with Gasteiger partial charge < -0.3 is 15.2 Å². The molecular weight excluding hydrogens is 315 g/mol. The minimum atomic E-state index is -4.51. The smallest absolute Gasteiger partial charge is 0.360 e. The number of amides is 2. The zero-order chi connectivity index (χ0) is 17.0. The first-order chi connectivity index (χ1) is 10.7. The average Bonchev–Trinajstić information content (AvgIpc) is 2.83. The van der Waals surface area contributed by atoms with Gasteiger partial charge in [-0.3, -0.25) is 9.59 Å². The Labute approximate surface area is 128 Å². The van der Waals surface area contributed by atoms with E-state index < -0.39 is 30.0 Å².